The van der Waals surface area contributed by atoms with Crippen LogP contribution in [0.5, 0.6) is 0 Å². The Hall–Kier alpha value is -3.52. The first-order valence-electron chi connectivity index (χ1n) is 8.36. The summed E-state index contributed by atoms with van der Waals surface area (Å²) in [6, 6.07) is 11.7. The molecule has 2 amide bonds. The molecule has 2 heterocycles. The molecule has 2 aromatic carbocycles. The molecule has 0 saturated carbocycles. The highest BCUT2D eigenvalue weighted by molar-refractivity contribution is 6.52. The molecule has 0 saturated heterocycles. The second kappa shape index (κ2) is 6.90. The van der Waals surface area contributed by atoms with Gasteiger partial charge in [-0.15, -0.1) is 5.10 Å². The van der Waals surface area contributed by atoms with Gasteiger partial charge >= 0.3 is 0 Å². The summed E-state index contributed by atoms with van der Waals surface area (Å²) in [5.41, 5.74) is 7.48. The van der Waals surface area contributed by atoms with Crippen molar-refractivity contribution >= 4 is 34.9 Å². The average Bonchev–Trinajstić information content (AvgIpc) is 3.20. The first kappa shape index (κ1) is 17.9. The number of primary amides is 1. The fourth-order valence-corrected chi connectivity index (χ4v) is 3.30. The minimum atomic E-state index is -0.680. The largest absolute Gasteiger partial charge is 0.366 e. The Kier molecular flexibility index (Phi) is 4.40. The number of amides is 2. The van der Waals surface area contributed by atoms with Gasteiger partial charge < -0.3 is 5.73 Å². The maximum Gasteiger partial charge on any atom is 0.299 e. The third-order valence-corrected chi connectivity index (χ3v) is 4.63. The Morgan fingerprint density at radius 2 is 1.93 bits per heavy atom. The number of aromatic nitrogens is 3. The summed E-state index contributed by atoms with van der Waals surface area (Å²) in [5.74, 6) is -2.02. The molecule has 8 nitrogen and oxygen atoms in total. The lowest BCUT2D eigenvalue weighted by Crippen LogP contribution is -2.29. The minimum Gasteiger partial charge on any atom is -0.366 e. The van der Waals surface area contributed by atoms with E-state index < -0.39 is 17.6 Å². The topological polar surface area (TPSA) is 111 Å². The van der Waals surface area contributed by atoms with Crippen molar-refractivity contribution < 1.29 is 14.4 Å². The number of hydrogen-bond acceptors (Lipinski definition) is 5. The summed E-state index contributed by atoms with van der Waals surface area (Å²) in [4.78, 5) is 37.3. The summed E-state index contributed by atoms with van der Waals surface area (Å²) in [5, 5.41) is 8.77. The van der Waals surface area contributed by atoms with E-state index in [9.17, 15) is 14.4 Å². The maximum atomic E-state index is 12.4. The van der Waals surface area contributed by atoms with Gasteiger partial charge in [0, 0.05) is 10.6 Å². The van der Waals surface area contributed by atoms with Crippen molar-refractivity contribution in [3.8, 4) is 0 Å². The Morgan fingerprint density at radius 1 is 1.11 bits per heavy atom. The molecule has 28 heavy (non-hydrogen) atoms. The van der Waals surface area contributed by atoms with Crippen LogP contribution in [-0.4, -0.2) is 32.6 Å². The van der Waals surface area contributed by atoms with Gasteiger partial charge in [-0.05, 0) is 35.9 Å². The van der Waals surface area contributed by atoms with Crippen molar-refractivity contribution in [3.05, 3.63) is 76.1 Å². The average molecular weight is 396 g/mol. The second-order valence-corrected chi connectivity index (χ2v) is 6.79. The standard InChI is InChI=1S/C19H14ClN5O3/c20-13-3-1-2-11(6-13)8-24-9-14(22-23-24)10-25-16-5-4-12(18(21)27)7-15(16)17(26)19(25)28/h1-7,9H,8,10H2,(H2,21,27). The van der Waals surface area contributed by atoms with E-state index in [-0.39, 0.29) is 17.7 Å². The number of carbonyl (C=O) groups is 3. The summed E-state index contributed by atoms with van der Waals surface area (Å²) in [7, 11) is 0. The number of Topliss-reactive ketones (excluding diaryl/α,β-unsaturated/α-hetero) is 1. The van der Waals surface area contributed by atoms with Crippen LogP contribution in [0.3, 0.4) is 0 Å². The highest BCUT2D eigenvalue weighted by Crippen LogP contribution is 2.30. The number of benzene rings is 2. The van der Waals surface area contributed by atoms with E-state index in [2.05, 4.69) is 10.3 Å². The molecular weight excluding hydrogens is 382 g/mol. The highest BCUT2D eigenvalue weighted by Gasteiger charge is 2.36. The summed E-state index contributed by atoms with van der Waals surface area (Å²) in [6.07, 6.45) is 1.70. The molecule has 0 radical (unpaired) electrons. The first-order valence-corrected chi connectivity index (χ1v) is 8.73. The zero-order valence-corrected chi connectivity index (χ0v) is 15.3. The molecule has 0 unspecified atom stereocenters. The number of hydrogen-bond donors (Lipinski definition) is 1. The molecule has 1 aliphatic rings. The van der Waals surface area contributed by atoms with Crippen LogP contribution in [-0.2, 0) is 17.9 Å². The van der Waals surface area contributed by atoms with Crippen molar-refractivity contribution in [3.63, 3.8) is 0 Å². The quantitative estimate of drug-likeness (QED) is 0.662. The smallest absolute Gasteiger partial charge is 0.299 e. The highest BCUT2D eigenvalue weighted by atomic mass is 35.5. The molecule has 0 fully saturated rings. The van der Waals surface area contributed by atoms with Crippen molar-refractivity contribution in [1.29, 1.82) is 0 Å². The Morgan fingerprint density at radius 3 is 2.68 bits per heavy atom. The molecule has 1 aromatic heterocycles. The maximum absolute atomic E-state index is 12.4. The van der Waals surface area contributed by atoms with E-state index in [1.54, 1.807) is 16.9 Å². The van der Waals surface area contributed by atoms with Gasteiger partial charge in [0.15, 0.2) is 0 Å². The SMILES string of the molecule is NC(=O)c1ccc2c(c1)C(=O)C(=O)N2Cc1cn(Cc2cccc(Cl)c2)nn1. The van der Waals surface area contributed by atoms with Crippen molar-refractivity contribution in [1.82, 2.24) is 15.0 Å². The fraction of sp³-hybridized carbons (Fsp3) is 0.105. The lowest BCUT2D eigenvalue weighted by atomic mass is 10.1. The molecule has 0 spiro atoms. The van der Waals surface area contributed by atoms with E-state index >= 15 is 0 Å². The van der Waals surface area contributed by atoms with Crippen molar-refractivity contribution in [2.24, 2.45) is 5.73 Å². The zero-order valence-electron chi connectivity index (χ0n) is 14.5. The zero-order chi connectivity index (χ0) is 19.8. The monoisotopic (exact) mass is 395 g/mol. The molecule has 3 aromatic rings. The molecule has 0 atom stereocenters. The van der Waals surface area contributed by atoms with Gasteiger partial charge in [0.1, 0.15) is 5.69 Å². The van der Waals surface area contributed by atoms with E-state index in [1.165, 1.54) is 23.1 Å². The fourth-order valence-electron chi connectivity index (χ4n) is 3.08. The van der Waals surface area contributed by atoms with Gasteiger partial charge in [-0.3, -0.25) is 19.3 Å². The molecule has 1 aliphatic heterocycles. The van der Waals surface area contributed by atoms with Crippen LogP contribution >= 0.6 is 11.6 Å². The van der Waals surface area contributed by atoms with Crippen LogP contribution in [0.25, 0.3) is 0 Å². The first-order chi connectivity index (χ1) is 13.4. The normalized spacial score (nSPS) is 13.1. The molecule has 0 bridgehead atoms. The number of nitrogens with zero attached hydrogens (tertiary/aromatic N) is 4. The molecule has 140 valence electrons. The van der Waals surface area contributed by atoms with Crippen molar-refractivity contribution in [2.45, 2.75) is 13.1 Å². The Bertz CT molecular complexity index is 1120. The number of carbonyl (C=O) groups excluding carboxylic acids is 3. The van der Waals surface area contributed by atoms with Crippen LogP contribution in [0, 0.1) is 0 Å². The van der Waals surface area contributed by atoms with Gasteiger partial charge in [-0.1, -0.05) is 28.9 Å². The van der Waals surface area contributed by atoms with Crippen LogP contribution < -0.4 is 10.6 Å². The molecule has 0 aliphatic carbocycles. The number of fused-ring (bicyclic) bond motifs is 1. The van der Waals surface area contributed by atoms with E-state index in [1.807, 2.05) is 18.2 Å². The third-order valence-electron chi connectivity index (χ3n) is 4.40. The Balaban J connectivity index is 1.56. The Labute approximate surface area is 164 Å². The number of halogens is 1. The van der Waals surface area contributed by atoms with E-state index in [4.69, 9.17) is 17.3 Å². The van der Waals surface area contributed by atoms with Gasteiger partial charge in [0.05, 0.1) is 30.5 Å². The van der Waals surface area contributed by atoms with Gasteiger partial charge in [-0.2, -0.15) is 0 Å². The number of anilines is 1. The second-order valence-electron chi connectivity index (χ2n) is 6.35. The van der Waals surface area contributed by atoms with Crippen LogP contribution in [0.2, 0.25) is 5.02 Å². The molecule has 2 N–H and O–H groups in total. The number of ketones is 1. The predicted octanol–water partition coefficient (Wildman–Crippen LogP) is 1.81. The van der Waals surface area contributed by atoms with E-state index in [0.717, 1.165) is 5.56 Å². The lowest BCUT2D eigenvalue weighted by molar-refractivity contribution is -0.114. The summed E-state index contributed by atoms with van der Waals surface area (Å²) in [6.45, 7) is 0.558. The molecule has 9 heteroatoms. The number of rotatable bonds is 5. The number of nitrogens with two attached hydrogens (primary N) is 1. The van der Waals surface area contributed by atoms with Gasteiger partial charge in [0.2, 0.25) is 5.91 Å². The lowest BCUT2D eigenvalue weighted by Gasteiger charge is -2.14. The summed E-state index contributed by atoms with van der Waals surface area (Å²) >= 11 is 5.99. The van der Waals surface area contributed by atoms with Gasteiger partial charge in [-0.25, -0.2) is 4.68 Å². The minimum absolute atomic E-state index is 0.0863. The van der Waals surface area contributed by atoms with Crippen LogP contribution in [0.1, 0.15) is 32.0 Å². The van der Waals surface area contributed by atoms with Crippen molar-refractivity contribution in [2.75, 3.05) is 4.90 Å². The molecular formula is C19H14ClN5O3. The predicted molar refractivity (Wildman–Crippen MR) is 101 cm³/mol. The summed E-state index contributed by atoms with van der Waals surface area (Å²) < 4.78 is 1.63. The third kappa shape index (κ3) is 3.25. The van der Waals surface area contributed by atoms with E-state index in [0.29, 0.717) is 22.9 Å². The molecule has 4 rings (SSSR count). The van der Waals surface area contributed by atoms with Crippen LogP contribution in [0.4, 0.5) is 5.69 Å². The van der Waals surface area contributed by atoms with Gasteiger partial charge in [0.25, 0.3) is 11.7 Å². The van der Waals surface area contributed by atoms with Crippen LogP contribution in [0.15, 0.2) is 48.7 Å².